The van der Waals surface area contributed by atoms with E-state index < -0.39 is 0 Å². The van der Waals surface area contributed by atoms with Gasteiger partial charge in [0.05, 0.1) is 5.57 Å². The molecule has 4 rings (SSSR count). The molecule has 0 bridgehead atoms. The maximum atomic E-state index is 12.7. The molecule has 2 aliphatic heterocycles. The first-order valence-corrected chi connectivity index (χ1v) is 7.94. The maximum absolute atomic E-state index is 12.7. The number of fused-ring (bicyclic) bond motifs is 1. The van der Waals surface area contributed by atoms with Gasteiger partial charge >= 0.3 is 0 Å². The van der Waals surface area contributed by atoms with E-state index in [1.165, 1.54) is 0 Å². The van der Waals surface area contributed by atoms with Gasteiger partial charge in [-0.05, 0) is 25.5 Å². The van der Waals surface area contributed by atoms with Gasteiger partial charge in [0.25, 0.3) is 5.91 Å². The van der Waals surface area contributed by atoms with Crippen LogP contribution in [0.3, 0.4) is 0 Å². The summed E-state index contributed by atoms with van der Waals surface area (Å²) in [6, 6.07) is 7.80. The quantitative estimate of drug-likeness (QED) is 0.927. The fourth-order valence-electron chi connectivity index (χ4n) is 3.25. The molecule has 1 saturated heterocycles. The smallest absolute Gasteiger partial charge is 0.253 e. The number of likely N-dealkylation sites (tertiary alicyclic amines) is 1. The van der Waals surface area contributed by atoms with Gasteiger partial charge in [0.1, 0.15) is 18.2 Å². The molecule has 1 N–H and O–H groups in total. The number of aromatic nitrogens is 2. The van der Waals surface area contributed by atoms with Crippen molar-refractivity contribution in [3.05, 3.63) is 53.1 Å². The highest BCUT2D eigenvalue weighted by molar-refractivity contribution is 5.99. The SMILES string of the molecule is Cc1cnc(C2CCN(C(=O)C3=Cc4ccccc4OC3)C2)[nH]1. The topological polar surface area (TPSA) is 58.2 Å². The zero-order valence-electron chi connectivity index (χ0n) is 13.1. The highest BCUT2D eigenvalue weighted by Gasteiger charge is 2.31. The van der Waals surface area contributed by atoms with Gasteiger partial charge in [-0.25, -0.2) is 4.98 Å². The predicted molar refractivity (Wildman–Crippen MR) is 87.2 cm³/mol. The Hall–Kier alpha value is -2.56. The maximum Gasteiger partial charge on any atom is 0.253 e. The molecule has 0 radical (unpaired) electrons. The second-order valence-electron chi connectivity index (χ2n) is 6.18. The van der Waals surface area contributed by atoms with Crippen LogP contribution >= 0.6 is 0 Å². The zero-order valence-corrected chi connectivity index (χ0v) is 13.1. The van der Waals surface area contributed by atoms with Crippen molar-refractivity contribution in [3.8, 4) is 5.75 Å². The van der Waals surface area contributed by atoms with Crippen molar-refractivity contribution < 1.29 is 9.53 Å². The van der Waals surface area contributed by atoms with Gasteiger partial charge in [-0.2, -0.15) is 0 Å². The van der Waals surface area contributed by atoms with Gasteiger partial charge < -0.3 is 14.6 Å². The van der Waals surface area contributed by atoms with E-state index in [4.69, 9.17) is 4.74 Å². The van der Waals surface area contributed by atoms with Gasteiger partial charge in [0.2, 0.25) is 0 Å². The Labute approximate surface area is 135 Å². The number of ether oxygens (including phenoxy) is 1. The first-order chi connectivity index (χ1) is 11.2. The van der Waals surface area contributed by atoms with Gasteiger partial charge in [-0.15, -0.1) is 0 Å². The van der Waals surface area contributed by atoms with Gasteiger partial charge in [0, 0.05) is 36.5 Å². The average molecular weight is 309 g/mol. The Kier molecular flexibility index (Phi) is 3.41. The summed E-state index contributed by atoms with van der Waals surface area (Å²) in [6.45, 7) is 3.82. The molecule has 0 aliphatic carbocycles. The molecule has 0 saturated carbocycles. The number of hydrogen-bond donors (Lipinski definition) is 1. The summed E-state index contributed by atoms with van der Waals surface area (Å²) in [6.07, 6.45) is 4.74. The van der Waals surface area contributed by atoms with Gasteiger partial charge in [0.15, 0.2) is 0 Å². The van der Waals surface area contributed by atoms with Crippen LogP contribution in [0.15, 0.2) is 36.0 Å². The number of benzene rings is 1. The van der Waals surface area contributed by atoms with E-state index in [-0.39, 0.29) is 5.91 Å². The summed E-state index contributed by atoms with van der Waals surface area (Å²) in [7, 11) is 0. The Balaban J connectivity index is 1.49. The fourth-order valence-corrected chi connectivity index (χ4v) is 3.25. The molecule has 0 spiro atoms. The lowest BCUT2D eigenvalue weighted by Crippen LogP contribution is -2.32. The molecule has 2 aromatic rings. The highest BCUT2D eigenvalue weighted by atomic mass is 16.5. The third-order valence-corrected chi connectivity index (χ3v) is 4.49. The summed E-state index contributed by atoms with van der Waals surface area (Å²) >= 11 is 0. The molecule has 118 valence electrons. The Morgan fingerprint density at radius 1 is 1.39 bits per heavy atom. The van der Waals surface area contributed by atoms with Crippen molar-refractivity contribution in [2.45, 2.75) is 19.3 Å². The number of carbonyl (C=O) groups excluding carboxylic acids is 1. The second-order valence-corrected chi connectivity index (χ2v) is 6.18. The van der Waals surface area contributed by atoms with E-state index >= 15 is 0 Å². The number of nitrogens with zero attached hydrogens (tertiary/aromatic N) is 2. The molecule has 1 atom stereocenters. The van der Waals surface area contributed by atoms with E-state index in [0.29, 0.717) is 19.1 Å². The molecule has 23 heavy (non-hydrogen) atoms. The van der Waals surface area contributed by atoms with Crippen molar-refractivity contribution in [1.82, 2.24) is 14.9 Å². The largest absolute Gasteiger partial charge is 0.488 e. The van der Waals surface area contributed by atoms with Crippen LogP contribution < -0.4 is 4.74 Å². The molecule has 1 unspecified atom stereocenters. The fraction of sp³-hybridized carbons (Fsp3) is 0.333. The van der Waals surface area contributed by atoms with Gasteiger partial charge in [-0.3, -0.25) is 4.79 Å². The van der Waals surface area contributed by atoms with Crippen LogP contribution in [0, 0.1) is 6.92 Å². The normalized spacial score (nSPS) is 20.0. The van der Waals surface area contributed by atoms with Crippen LogP contribution in [0.5, 0.6) is 5.75 Å². The summed E-state index contributed by atoms with van der Waals surface area (Å²) < 4.78 is 5.70. The summed E-state index contributed by atoms with van der Waals surface area (Å²) in [5.41, 5.74) is 2.75. The molecular weight excluding hydrogens is 290 g/mol. The summed E-state index contributed by atoms with van der Waals surface area (Å²) in [4.78, 5) is 22.3. The number of carbonyl (C=O) groups is 1. The van der Waals surface area contributed by atoms with E-state index in [1.807, 2.05) is 48.4 Å². The Morgan fingerprint density at radius 2 is 2.26 bits per heavy atom. The Bertz CT molecular complexity index is 778. The van der Waals surface area contributed by atoms with Crippen LogP contribution in [0.25, 0.3) is 6.08 Å². The number of imidazole rings is 1. The number of hydrogen-bond acceptors (Lipinski definition) is 3. The minimum Gasteiger partial charge on any atom is -0.488 e. The van der Waals surface area contributed by atoms with Crippen molar-refractivity contribution in [3.63, 3.8) is 0 Å². The van der Waals surface area contributed by atoms with Crippen molar-refractivity contribution >= 4 is 12.0 Å². The minimum atomic E-state index is 0.0743. The zero-order chi connectivity index (χ0) is 15.8. The molecule has 1 fully saturated rings. The van der Waals surface area contributed by atoms with Crippen molar-refractivity contribution in [2.24, 2.45) is 0 Å². The van der Waals surface area contributed by atoms with Crippen LogP contribution in [-0.2, 0) is 4.79 Å². The number of H-pyrrole nitrogens is 1. The first-order valence-electron chi connectivity index (χ1n) is 7.94. The second kappa shape index (κ2) is 5.57. The third kappa shape index (κ3) is 2.63. The molecule has 5 heteroatoms. The van der Waals surface area contributed by atoms with E-state index in [1.54, 1.807) is 0 Å². The summed E-state index contributed by atoms with van der Waals surface area (Å²) in [5.74, 6) is 2.20. The monoisotopic (exact) mass is 309 g/mol. The summed E-state index contributed by atoms with van der Waals surface area (Å²) in [5, 5.41) is 0. The van der Waals surface area contributed by atoms with E-state index in [0.717, 1.165) is 41.4 Å². The van der Waals surface area contributed by atoms with Crippen molar-refractivity contribution in [2.75, 3.05) is 19.7 Å². The molecule has 2 aliphatic rings. The number of aromatic amines is 1. The molecule has 5 nitrogen and oxygen atoms in total. The number of amides is 1. The third-order valence-electron chi connectivity index (χ3n) is 4.49. The minimum absolute atomic E-state index is 0.0743. The lowest BCUT2D eigenvalue weighted by atomic mass is 10.1. The van der Waals surface area contributed by atoms with Crippen LogP contribution in [-0.4, -0.2) is 40.5 Å². The average Bonchev–Trinajstić information content (AvgIpc) is 3.22. The molecule has 3 heterocycles. The number of para-hydroxylation sites is 1. The Morgan fingerprint density at radius 3 is 3.09 bits per heavy atom. The lowest BCUT2D eigenvalue weighted by molar-refractivity contribution is -0.126. The highest BCUT2D eigenvalue weighted by Crippen LogP contribution is 2.29. The van der Waals surface area contributed by atoms with Crippen LogP contribution in [0.4, 0.5) is 0 Å². The molecular formula is C18H19N3O2. The number of rotatable bonds is 2. The van der Waals surface area contributed by atoms with Gasteiger partial charge in [-0.1, -0.05) is 18.2 Å². The van der Waals surface area contributed by atoms with Crippen LogP contribution in [0.1, 0.15) is 29.4 Å². The number of aryl methyl sites for hydroxylation is 1. The molecule has 1 aromatic heterocycles. The van der Waals surface area contributed by atoms with E-state index in [2.05, 4.69) is 9.97 Å². The standard InChI is InChI=1S/C18H19N3O2/c1-12-9-19-17(20-12)14-6-7-21(10-14)18(22)15-8-13-4-2-3-5-16(13)23-11-15/h2-5,8-9,14H,6-7,10-11H2,1H3,(H,19,20). The molecule has 1 amide bonds. The lowest BCUT2D eigenvalue weighted by Gasteiger charge is -2.22. The molecule has 1 aromatic carbocycles. The van der Waals surface area contributed by atoms with Crippen molar-refractivity contribution in [1.29, 1.82) is 0 Å². The first kappa shape index (κ1) is 14.1. The predicted octanol–water partition coefficient (Wildman–Crippen LogP) is 2.51. The number of nitrogens with one attached hydrogen (secondary N) is 1. The van der Waals surface area contributed by atoms with Crippen LogP contribution in [0.2, 0.25) is 0 Å². The van der Waals surface area contributed by atoms with E-state index in [9.17, 15) is 4.79 Å².